The maximum atomic E-state index is 13.1. The van der Waals surface area contributed by atoms with E-state index in [1.54, 1.807) is 67.6 Å². The molecule has 2 aliphatic heterocycles. The van der Waals surface area contributed by atoms with E-state index in [9.17, 15) is 29.4 Å². The van der Waals surface area contributed by atoms with E-state index in [4.69, 9.17) is 0 Å². The minimum Gasteiger partial charge on any atom is -0.503 e. The second-order valence-electron chi connectivity index (χ2n) is 8.78. The summed E-state index contributed by atoms with van der Waals surface area (Å²) in [6, 6.07) is 15.4. The van der Waals surface area contributed by atoms with Crippen LogP contribution in [0.15, 0.2) is 83.3 Å². The van der Waals surface area contributed by atoms with Crippen molar-refractivity contribution in [2.75, 3.05) is 6.54 Å². The molecule has 180 valence electrons. The first-order chi connectivity index (χ1) is 16.6. The third-order valence-electron chi connectivity index (χ3n) is 6.47. The molecule has 3 unspecified atom stereocenters. The zero-order valence-corrected chi connectivity index (χ0v) is 19.6. The Kier molecular flexibility index (Phi) is 6.30. The maximum absolute atomic E-state index is 13.1. The number of aliphatic hydroxyl groups excluding tert-OH is 2. The van der Waals surface area contributed by atoms with Gasteiger partial charge in [-0.3, -0.25) is 19.2 Å². The van der Waals surface area contributed by atoms with Gasteiger partial charge in [-0.15, -0.1) is 0 Å². The molecule has 2 amide bonds. The molecule has 0 bridgehead atoms. The molecule has 2 N–H and O–H groups in total. The van der Waals surface area contributed by atoms with Crippen LogP contribution in [0.25, 0.3) is 0 Å². The number of carbonyl (C=O) groups excluding carboxylic acids is 4. The quantitative estimate of drug-likeness (QED) is 0.636. The van der Waals surface area contributed by atoms with Crippen LogP contribution in [0.4, 0.5) is 0 Å². The molecule has 0 aliphatic carbocycles. The van der Waals surface area contributed by atoms with Crippen LogP contribution in [0.2, 0.25) is 0 Å². The minimum atomic E-state index is -0.835. The highest BCUT2D eigenvalue weighted by atomic mass is 16.3. The zero-order chi connectivity index (χ0) is 25.4. The van der Waals surface area contributed by atoms with Gasteiger partial charge in [0.1, 0.15) is 0 Å². The van der Waals surface area contributed by atoms with Gasteiger partial charge in [-0.25, -0.2) is 0 Å². The smallest absolute Gasteiger partial charge is 0.290 e. The maximum Gasteiger partial charge on any atom is 0.290 e. The SMILES string of the molecule is CC(=O)C1=C(O)C(=O)N(CC(C)N2C(=O)C(O)=C(C(C)=O)C2c2ccccc2)C1c1ccccc1. The van der Waals surface area contributed by atoms with Crippen molar-refractivity contribution in [3.8, 4) is 0 Å². The summed E-state index contributed by atoms with van der Waals surface area (Å²) in [4.78, 5) is 53.7. The standard InChI is InChI=1S/C27H26N2O6/c1-15(29-23(19-12-8-5-9-13-19)21(17(3)31)25(33)27(29)35)14-28-22(18-10-6-4-7-11-18)20(16(2)30)24(32)26(28)34/h4-13,15,22-23,32-33H,14H2,1-3H3. The fourth-order valence-corrected chi connectivity index (χ4v) is 4.96. The number of Topliss-reactive ketones (excluding diaryl/α,β-unsaturated/α-hetero) is 2. The molecular formula is C27H26N2O6. The number of carbonyl (C=O) groups is 4. The molecule has 2 aromatic rings. The summed E-state index contributed by atoms with van der Waals surface area (Å²) in [5, 5.41) is 21.1. The van der Waals surface area contributed by atoms with Crippen LogP contribution in [-0.2, 0) is 19.2 Å². The molecule has 8 nitrogen and oxygen atoms in total. The molecule has 2 aliphatic rings. The molecule has 35 heavy (non-hydrogen) atoms. The van der Waals surface area contributed by atoms with Gasteiger partial charge in [0.05, 0.1) is 23.2 Å². The van der Waals surface area contributed by atoms with Crippen molar-refractivity contribution in [2.45, 2.75) is 38.9 Å². The zero-order valence-electron chi connectivity index (χ0n) is 19.6. The number of hydrogen-bond acceptors (Lipinski definition) is 6. The Balaban J connectivity index is 1.73. The second kappa shape index (κ2) is 9.21. The van der Waals surface area contributed by atoms with Gasteiger partial charge in [-0.1, -0.05) is 60.7 Å². The summed E-state index contributed by atoms with van der Waals surface area (Å²) < 4.78 is 0. The fourth-order valence-electron chi connectivity index (χ4n) is 4.96. The number of benzene rings is 2. The molecule has 0 saturated heterocycles. The molecule has 3 atom stereocenters. The lowest BCUT2D eigenvalue weighted by Gasteiger charge is -2.36. The van der Waals surface area contributed by atoms with Gasteiger partial charge in [0, 0.05) is 12.6 Å². The first-order valence-electron chi connectivity index (χ1n) is 11.3. The van der Waals surface area contributed by atoms with Crippen LogP contribution in [0.3, 0.4) is 0 Å². The highest BCUT2D eigenvalue weighted by molar-refractivity contribution is 6.09. The molecule has 8 heteroatoms. The second-order valence-corrected chi connectivity index (χ2v) is 8.78. The van der Waals surface area contributed by atoms with Crippen molar-refractivity contribution in [1.82, 2.24) is 9.80 Å². The molecule has 0 fully saturated rings. The van der Waals surface area contributed by atoms with E-state index in [0.29, 0.717) is 11.1 Å². The van der Waals surface area contributed by atoms with E-state index >= 15 is 0 Å². The molecular weight excluding hydrogens is 448 g/mol. The summed E-state index contributed by atoms with van der Waals surface area (Å²) >= 11 is 0. The summed E-state index contributed by atoms with van der Waals surface area (Å²) in [6.07, 6.45) is 0. The monoisotopic (exact) mass is 474 g/mol. The summed E-state index contributed by atoms with van der Waals surface area (Å²) in [5.74, 6) is -3.53. The Bertz CT molecular complexity index is 1270. The minimum absolute atomic E-state index is 0.00819. The molecule has 0 radical (unpaired) electrons. The van der Waals surface area contributed by atoms with E-state index in [1.165, 1.54) is 23.6 Å². The van der Waals surface area contributed by atoms with Crippen molar-refractivity contribution in [1.29, 1.82) is 0 Å². The summed E-state index contributed by atoms with van der Waals surface area (Å²) in [7, 11) is 0. The highest BCUT2D eigenvalue weighted by Crippen LogP contribution is 2.41. The van der Waals surface area contributed by atoms with Gasteiger partial charge in [0.2, 0.25) is 0 Å². The Hall–Kier alpha value is -4.20. The molecule has 2 aromatic carbocycles. The summed E-state index contributed by atoms with van der Waals surface area (Å²) in [6.45, 7) is 4.23. The van der Waals surface area contributed by atoms with Gasteiger partial charge in [0.15, 0.2) is 23.1 Å². The Morgan fingerprint density at radius 2 is 1.20 bits per heavy atom. The van der Waals surface area contributed by atoms with Crippen molar-refractivity contribution >= 4 is 23.4 Å². The van der Waals surface area contributed by atoms with Gasteiger partial charge >= 0.3 is 0 Å². The van der Waals surface area contributed by atoms with Gasteiger partial charge in [0.25, 0.3) is 11.8 Å². The lowest BCUT2D eigenvalue weighted by molar-refractivity contribution is -0.135. The molecule has 0 saturated carbocycles. The topological polar surface area (TPSA) is 115 Å². The Labute approximate surface area is 202 Å². The molecule has 0 spiro atoms. The first kappa shape index (κ1) is 23.9. The predicted octanol–water partition coefficient (Wildman–Crippen LogP) is 3.34. The van der Waals surface area contributed by atoms with E-state index in [0.717, 1.165) is 0 Å². The van der Waals surface area contributed by atoms with Crippen LogP contribution < -0.4 is 0 Å². The van der Waals surface area contributed by atoms with E-state index in [-0.39, 0.29) is 17.7 Å². The number of rotatable bonds is 7. The van der Waals surface area contributed by atoms with E-state index in [1.807, 2.05) is 0 Å². The van der Waals surface area contributed by atoms with Crippen molar-refractivity contribution in [3.63, 3.8) is 0 Å². The van der Waals surface area contributed by atoms with Crippen LogP contribution in [-0.4, -0.2) is 56.0 Å². The number of nitrogens with zero attached hydrogens (tertiary/aromatic N) is 2. The Morgan fingerprint density at radius 3 is 1.69 bits per heavy atom. The van der Waals surface area contributed by atoms with Gasteiger partial charge in [-0.2, -0.15) is 0 Å². The van der Waals surface area contributed by atoms with E-state index in [2.05, 4.69) is 0 Å². The van der Waals surface area contributed by atoms with Gasteiger partial charge < -0.3 is 20.0 Å². The predicted molar refractivity (Wildman–Crippen MR) is 127 cm³/mol. The van der Waals surface area contributed by atoms with Crippen molar-refractivity contribution in [3.05, 3.63) is 94.5 Å². The van der Waals surface area contributed by atoms with Crippen LogP contribution >= 0.6 is 0 Å². The largest absolute Gasteiger partial charge is 0.503 e. The number of hydrogen-bond donors (Lipinski definition) is 2. The van der Waals surface area contributed by atoms with Crippen LogP contribution in [0.1, 0.15) is 44.0 Å². The Morgan fingerprint density at radius 1 is 0.771 bits per heavy atom. The third-order valence-corrected chi connectivity index (χ3v) is 6.47. The van der Waals surface area contributed by atoms with Gasteiger partial charge in [-0.05, 0) is 31.9 Å². The van der Waals surface area contributed by atoms with E-state index < -0.39 is 53.0 Å². The van der Waals surface area contributed by atoms with Crippen LogP contribution in [0.5, 0.6) is 0 Å². The lowest BCUT2D eigenvalue weighted by atomic mass is 9.95. The van der Waals surface area contributed by atoms with Crippen molar-refractivity contribution < 1.29 is 29.4 Å². The molecule has 0 aromatic heterocycles. The average Bonchev–Trinajstić information content (AvgIpc) is 3.25. The summed E-state index contributed by atoms with van der Waals surface area (Å²) in [5.41, 5.74) is 1.26. The molecule has 2 heterocycles. The normalized spacial score (nSPS) is 21.2. The van der Waals surface area contributed by atoms with Crippen LogP contribution in [0, 0.1) is 0 Å². The highest BCUT2D eigenvalue weighted by Gasteiger charge is 2.47. The third kappa shape index (κ3) is 4.01. The average molecular weight is 475 g/mol. The lowest BCUT2D eigenvalue weighted by Crippen LogP contribution is -2.46. The molecule has 4 rings (SSSR count). The first-order valence-corrected chi connectivity index (χ1v) is 11.3. The number of ketones is 2. The fraction of sp³-hybridized carbons (Fsp3) is 0.259. The number of amides is 2. The van der Waals surface area contributed by atoms with Crippen molar-refractivity contribution in [2.24, 2.45) is 0 Å². The number of aliphatic hydroxyl groups is 2.